The molecular formula is C18H29ClN2O3. The van der Waals surface area contributed by atoms with E-state index in [-0.39, 0.29) is 24.4 Å². The third kappa shape index (κ3) is 5.87. The van der Waals surface area contributed by atoms with Crippen molar-refractivity contribution >= 4 is 18.3 Å². The first-order valence-electron chi connectivity index (χ1n) is 8.51. The first-order valence-corrected chi connectivity index (χ1v) is 8.51. The lowest BCUT2D eigenvalue weighted by Gasteiger charge is -2.17. The second kappa shape index (κ2) is 10.4. The van der Waals surface area contributed by atoms with E-state index in [4.69, 9.17) is 15.2 Å². The molecule has 6 heteroatoms. The molecule has 1 fully saturated rings. The van der Waals surface area contributed by atoms with E-state index in [1.54, 1.807) is 7.11 Å². The van der Waals surface area contributed by atoms with Crippen LogP contribution in [0.1, 0.15) is 51.0 Å². The smallest absolute Gasteiger partial charge is 0.237 e. The van der Waals surface area contributed by atoms with Crippen LogP contribution in [0.4, 0.5) is 0 Å². The summed E-state index contributed by atoms with van der Waals surface area (Å²) in [6.07, 6.45) is 6.50. The van der Waals surface area contributed by atoms with Gasteiger partial charge in [0.1, 0.15) is 0 Å². The zero-order chi connectivity index (χ0) is 16.7. The Balaban J connectivity index is 0.00000288. The van der Waals surface area contributed by atoms with E-state index in [0.717, 1.165) is 36.3 Å². The first kappa shape index (κ1) is 20.6. The third-order valence-electron chi connectivity index (χ3n) is 4.23. The van der Waals surface area contributed by atoms with Crippen molar-refractivity contribution in [2.45, 2.75) is 64.1 Å². The zero-order valence-electron chi connectivity index (χ0n) is 14.5. The number of nitrogens with one attached hydrogen (secondary N) is 1. The number of methoxy groups -OCH3 is 1. The van der Waals surface area contributed by atoms with Crippen molar-refractivity contribution in [3.63, 3.8) is 0 Å². The van der Waals surface area contributed by atoms with Crippen molar-refractivity contribution in [1.82, 2.24) is 5.32 Å². The van der Waals surface area contributed by atoms with E-state index < -0.39 is 6.04 Å². The number of hydrogen-bond donors (Lipinski definition) is 2. The van der Waals surface area contributed by atoms with Crippen LogP contribution in [-0.2, 0) is 11.3 Å². The van der Waals surface area contributed by atoms with Gasteiger partial charge in [-0.1, -0.05) is 19.4 Å². The number of nitrogens with two attached hydrogens (primary N) is 1. The van der Waals surface area contributed by atoms with E-state index in [2.05, 4.69) is 5.32 Å². The molecule has 1 aliphatic carbocycles. The number of carbonyl (C=O) groups excluding carboxylic acids is 1. The maximum atomic E-state index is 11.9. The van der Waals surface area contributed by atoms with Gasteiger partial charge in [0, 0.05) is 6.54 Å². The molecule has 1 aromatic rings. The Morgan fingerprint density at radius 3 is 2.67 bits per heavy atom. The van der Waals surface area contributed by atoms with E-state index in [0.29, 0.717) is 13.0 Å². The Kier molecular flexibility index (Phi) is 8.93. The molecule has 24 heavy (non-hydrogen) atoms. The maximum Gasteiger partial charge on any atom is 0.237 e. The summed E-state index contributed by atoms with van der Waals surface area (Å²) >= 11 is 0. The van der Waals surface area contributed by atoms with Crippen molar-refractivity contribution < 1.29 is 14.3 Å². The molecule has 0 bridgehead atoms. The molecule has 0 saturated heterocycles. The molecule has 1 atom stereocenters. The molecule has 0 aromatic heterocycles. The molecule has 3 N–H and O–H groups in total. The van der Waals surface area contributed by atoms with Gasteiger partial charge in [-0.25, -0.2) is 0 Å². The van der Waals surface area contributed by atoms with Gasteiger partial charge < -0.3 is 20.5 Å². The molecule has 1 aromatic carbocycles. The van der Waals surface area contributed by atoms with Gasteiger partial charge in [-0.05, 0) is 49.8 Å². The van der Waals surface area contributed by atoms with Crippen LogP contribution >= 0.6 is 12.4 Å². The Labute approximate surface area is 150 Å². The van der Waals surface area contributed by atoms with Crippen LogP contribution in [0.25, 0.3) is 0 Å². The van der Waals surface area contributed by atoms with Gasteiger partial charge in [0.05, 0.1) is 19.3 Å². The standard InChI is InChI=1S/C18H28N2O3.ClH/c1-3-6-15(19)18(21)20-12-13-9-10-16(22-2)17(11-13)23-14-7-4-5-8-14;/h9-11,14-15H,3-8,12,19H2,1-2H3,(H,20,21);1H. The molecule has 5 nitrogen and oxygen atoms in total. The highest BCUT2D eigenvalue weighted by Crippen LogP contribution is 2.32. The molecule has 0 spiro atoms. The van der Waals surface area contributed by atoms with Gasteiger partial charge in [0.25, 0.3) is 0 Å². The highest BCUT2D eigenvalue weighted by atomic mass is 35.5. The third-order valence-corrected chi connectivity index (χ3v) is 4.23. The predicted octanol–water partition coefficient (Wildman–Crippen LogP) is 3.18. The number of amides is 1. The molecule has 136 valence electrons. The average molecular weight is 357 g/mol. The Hall–Kier alpha value is -1.46. The molecule has 1 aliphatic rings. The number of halogens is 1. The fraction of sp³-hybridized carbons (Fsp3) is 0.611. The summed E-state index contributed by atoms with van der Waals surface area (Å²) in [5.41, 5.74) is 6.80. The molecular weight excluding hydrogens is 328 g/mol. The van der Waals surface area contributed by atoms with Crippen LogP contribution in [0, 0.1) is 0 Å². The van der Waals surface area contributed by atoms with E-state index in [9.17, 15) is 4.79 Å². The number of rotatable bonds is 8. The van der Waals surface area contributed by atoms with Crippen LogP contribution in [0.15, 0.2) is 18.2 Å². The zero-order valence-corrected chi connectivity index (χ0v) is 15.4. The number of ether oxygens (including phenoxy) is 2. The highest BCUT2D eigenvalue weighted by Gasteiger charge is 2.19. The number of carbonyl (C=O) groups is 1. The fourth-order valence-electron chi connectivity index (χ4n) is 2.87. The molecule has 1 unspecified atom stereocenters. The van der Waals surface area contributed by atoms with Gasteiger partial charge >= 0.3 is 0 Å². The predicted molar refractivity (Wildman–Crippen MR) is 97.9 cm³/mol. The normalized spacial score (nSPS) is 15.5. The molecule has 0 radical (unpaired) electrons. The van der Waals surface area contributed by atoms with Crippen molar-refractivity contribution in [1.29, 1.82) is 0 Å². The molecule has 1 amide bonds. The van der Waals surface area contributed by atoms with Gasteiger partial charge in [0.15, 0.2) is 11.5 Å². The van der Waals surface area contributed by atoms with Crippen LogP contribution in [-0.4, -0.2) is 25.2 Å². The summed E-state index contributed by atoms with van der Waals surface area (Å²) in [4.78, 5) is 11.9. The second-order valence-corrected chi connectivity index (χ2v) is 6.12. The van der Waals surface area contributed by atoms with Gasteiger partial charge in [-0.3, -0.25) is 4.79 Å². The van der Waals surface area contributed by atoms with Gasteiger partial charge in [-0.2, -0.15) is 0 Å². The molecule has 0 aliphatic heterocycles. The quantitative estimate of drug-likeness (QED) is 0.750. The average Bonchev–Trinajstić information content (AvgIpc) is 3.06. The number of hydrogen-bond acceptors (Lipinski definition) is 4. The van der Waals surface area contributed by atoms with Crippen LogP contribution < -0.4 is 20.5 Å². The minimum Gasteiger partial charge on any atom is -0.493 e. The van der Waals surface area contributed by atoms with E-state index in [1.807, 2.05) is 25.1 Å². The topological polar surface area (TPSA) is 73.6 Å². The highest BCUT2D eigenvalue weighted by molar-refractivity contribution is 5.85. The molecule has 1 saturated carbocycles. The Morgan fingerprint density at radius 1 is 1.33 bits per heavy atom. The second-order valence-electron chi connectivity index (χ2n) is 6.12. The first-order chi connectivity index (χ1) is 11.1. The minimum absolute atomic E-state index is 0. The minimum atomic E-state index is -0.438. The largest absolute Gasteiger partial charge is 0.493 e. The van der Waals surface area contributed by atoms with Crippen molar-refractivity contribution in [3.05, 3.63) is 23.8 Å². The summed E-state index contributed by atoms with van der Waals surface area (Å²) in [5, 5.41) is 2.88. The summed E-state index contributed by atoms with van der Waals surface area (Å²) in [7, 11) is 1.64. The summed E-state index contributed by atoms with van der Waals surface area (Å²) < 4.78 is 11.4. The molecule has 0 heterocycles. The number of benzene rings is 1. The van der Waals surface area contributed by atoms with E-state index in [1.165, 1.54) is 12.8 Å². The Morgan fingerprint density at radius 2 is 2.04 bits per heavy atom. The SMILES string of the molecule is CCCC(N)C(=O)NCc1ccc(OC)c(OC2CCCC2)c1.Cl. The van der Waals surface area contributed by atoms with Gasteiger partial charge in [0.2, 0.25) is 5.91 Å². The van der Waals surface area contributed by atoms with Crippen molar-refractivity contribution in [2.75, 3.05) is 7.11 Å². The summed E-state index contributed by atoms with van der Waals surface area (Å²) in [6.45, 7) is 2.46. The van der Waals surface area contributed by atoms with Crippen molar-refractivity contribution in [2.24, 2.45) is 5.73 Å². The van der Waals surface area contributed by atoms with Gasteiger partial charge in [-0.15, -0.1) is 12.4 Å². The van der Waals surface area contributed by atoms with Crippen LogP contribution in [0.5, 0.6) is 11.5 Å². The monoisotopic (exact) mass is 356 g/mol. The Bertz CT molecular complexity index is 519. The van der Waals surface area contributed by atoms with E-state index >= 15 is 0 Å². The van der Waals surface area contributed by atoms with Crippen molar-refractivity contribution in [3.8, 4) is 11.5 Å². The lowest BCUT2D eigenvalue weighted by molar-refractivity contribution is -0.122. The molecule has 2 rings (SSSR count). The maximum absolute atomic E-state index is 11.9. The lowest BCUT2D eigenvalue weighted by atomic mass is 10.1. The van der Waals surface area contributed by atoms with Crippen LogP contribution in [0.3, 0.4) is 0 Å². The van der Waals surface area contributed by atoms with Crippen LogP contribution in [0.2, 0.25) is 0 Å². The summed E-state index contributed by atoms with van der Waals surface area (Å²) in [5.74, 6) is 1.37. The fourth-order valence-corrected chi connectivity index (χ4v) is 2.87. The lowest BCUT2D eigenvalue weighted by Crippen LogP contribution is -2.40. The summed E-state index contributed by atoms with van der Waals surface area (Å²) in [6, 6.07) is 5.33.